The number of nitrogens with one attached hydrogen (secondary N) is 1. The summed E-state index contributed by atoms with van der Waals surface area (Å²) in [5.74, 6) is 1.99. The van der Waals surface area contributed by atoms with E-state index in [1.54, 1.807) is 0 Å². The minimum absolute atomic E-state index is 0. The van der Waals surface area contributed by atoms with Gasteiger partial charge in [-0.05, 0) is 42.3 Å². The molecule has 1 aliphatic rings. The maximum absolute atomic E-state index is 6.03. The van der Waals surface area contributed by atoms with Crippen molar-refractivity contribution in [1.29, 1.82) is 0 Å². The number of nitrogens with two attached hydrogens (primary N) is 1. The Bertz CT molecular complexity index is 775. The summed E-state index contributed by atoms with van der Waals surface area (Å²) in [7, 11) is 0. The van der Waals surface area contributed by atoms with Crippen LogP contribution in [0.25, 0.3) is 0 Å². The highest BCUT2D eigenvalue weighted by molar-refractivity contribution is 14.0. The molecule has 0 atom stereocenters. The number of hydrogen-bond acceptors (Lipinski definition) is 3. The molecule has 5 nitrogen and oxygen atoms in total. The molecule has 0 saturated heterocycles. The summed E-state index contributed by atoms with van der Waals surface area (Å²) in [6.07, 6.45) is 0. The van der Waals surface area contributed by atoms with Crippen LogP contribution in [0.2, 0.25) is 0 Å². The van der Waals surface area contributed by atoms with Gasteiger partial charge in [0.25, 0.3) is 0 Å². The Morgan fingerprint density at radius 2 is 1.92 bits per heavy atom. The minimum atomic E-state index is -0.167. The number of aliphatic imine (C=N–C) groups is 1. The van der Waals surface area contributed by atoms with Crippen LogP contribution < -0.4 is 20.5 Å². The van der Waals surface area contributed by atoms with Crippen LogP contribution in [0.4, 0.5) is 5.69 Å². The molecule has 0 fully saturated rings. The summed E-state index contributed by atoms with van der Waals surface area (Å²) in [5.41, 5.74) is 9.11. The topological polar surface area (TPSA) is 68.9 Å². The Morgan fingerprint density at radius 3 is 2.68 bits per heavy atom. The summed E-state index contributed by atoms with van der Waals surface area (Å²) in [5, 5.41) is 3.13. The van der Waals surface area contributed by atoms with E-state index in [9.17, 15) is 0 Å². The molecule has 0 aromatic heterocycles. The zero-order valence-corrected chi connectivity index (χ0v) is 17.0. The fourth-order valence-electron chi connectivity index (χ4n) is 2.60. The van der Waals surface area contributed by atoms with Crippen LogP contribution in [-0.4, -0.2) is 19.3 Å². The van der Waals surface area contributed by atoms with Crippen molar-refractivity contribution in [3.05, 3.63) is 53.6 Å². The highest BCUT2D eigenvalue weighted by Gasteiger charge is 2.24. The van der Waals surface area contributed by atoms with E-state index in [0.29, 0.717) is 12.5 Å². The molecule has 134 valence electrons. The summed E-state index contributed by atoms with van der Waals surface area (Å²) in [4.78, 5) is 4.50. The van der Waals surface area contributed by atoms with E-state index in [-0.39, 0.29) is 36.2 Å². The van der Waals surface area contributed by atoms with Gasteiger partial charge in [0.1, 0.15) is 0 Å². The van der Waals surface area contributed by atoms with E-state index in [1.165, 1.54) is 5.56 Å². The van der Waals surface area contributed by atoms with Crippen LogP contribution in [0.5, 0.6) is 11.5 Å². The Kier molecular flexibility index (Phi) is 6.16. The first kappa shape index (κ1) is 19.4. The SMILES string of the molecule is Cc1cccc(NC(N)=NCC(C)(C)c2ccc3c(c2)OCO3)c1.I. The van der Waals surface area contributed by atoms with Gasteiger partial charge in [0.05, 0.1) is 6.54 Å². The van der Waals surface area contributed by atoms with Crippen molar-refractivity contribution in [2.45, 2.75) is 26.2 Å². The summed E-state index contributed by atoms with van der Waals surface area (Å²) < 4.78 is 10.8. The van der Waals surface area contributed by atoms with Gasteiger partial charge in [-0.25, -0.2) is 0 Å². The van der Waals surface area contributed by atoms with Crippen LogP contribution in [0.1, 0.15) is 25.0 Å². The van der Waals surface area contributed by atoms with Crippen molar-refractivity contribution in [2.75, 3.05) is 18.7 Å². The van der Waals surface area contributed by atoms with Crippen molar-refractivity contribution < 1.29 is 9.47 Å². The highest BCUT2D eigenvalue weighted by Crippen LogP contribution is 2.36. The van der Waals surface area contributed by atoms with Crippen molar-refractivity contribution in [1.82, 2.24) is 0 Å². The molecular formula is C19H24IN3O2. The lowest BCUT2D eigenvalue weighted by molar-refractivity contribution is 0.174. The van der Waals surface area contributed by atoms with Crippen LogP contribution in [0, 0.1) is 6.92 Å². The van der Waals surface area contributed by atoms with Crippen LogP contribution in [-0.2, 0) is 5.41 Å². The van der Waals surface area contributed by atoms with Gasteiger partial charge >= 0.3 is 0 Å². The van der Waals surface area contributed by atoms with Crippen molar-refractivity contribution in [3.63, 3.8) is 0 Å². The number of benzene rings is 2. The first-order valence-corrected chi connectivity index (χ1v) is 7.98. The molecular weight excluding hydrogens is 429 g/mol. The number of anilines is 1. The zero-order valence-electron chi connectivity index (χ0n) is 14.7. The predicted molar refractivity (Wildman–Crippen MR) is 112 cm³/mol. The third-order valence-corrected chi connectivity index (χ3v) is 4.09. The van der Waals surface area contributed by atoms with Crippen molar-refractivity contribution in [3.8, 4) is 11.5 Å². The molecule has 0 unspecified atom stereocenters. The van der Waals surface area contributed by atoms with Gasteiger partial charge < -0.3 is 20.5 Å². The van der Waals surface area contributed by atoms with E-state index in [1.807, 2.05) is 49.4 Å². The van der Waals surface area contributed by atoms with Crippen LogP contribution in [0.3, 0.4) is 0 Å². The van der Waals surface area contributed by atoms with E-state index in [4.69, 9.17) is 15.2 Å². The molecule has 0 aliphatic carbocycles. The maximum Gasteiger partial charge on any atom is 0.231 e. The van der Waals surface area contributed by atoms with Gasteiger partial charge in [0.15, 0.2) is 17.5 Å². The summed E-state index contributed by atoms with van der Waals surface area (Å²) in [6, 6.07) is 14.0. The van der Waals surface area contributed by atoms with Gasteiger partial charge in [-0.2, -0.15) is 0 Å². The maximum atomic E-state index is 6.03. The lowest BCUT2D eigenvalue weighted by atomic mass is 9.84. The van der Waals surface area contributed by atoms with Gasteiger partial charge in [0.2, 0.25) is 6.79 Å². The normalized spacial score (nSPS) is 13.3. The van der Waals surface area contributed by atoms with Gasteiger partial charge in [0, 0.05) is 11.1 Å². The second-order valence-corrected chi connectivity index (χ2v) is 6.65. The van der Waals surface area contributed by atoms with Gasteiger partial charge in [-0.15, -0.1) is 24.0 Å². The molecule has 0 amide bonds. The Balaban J connectivity index is 0.00000225. The zero-order chi connectivity index (χ0) is 17.2. The predicted octanol–water partition coefficient (Wildman–Crippen LogP) is 4.05. The first-order valence-electron chi connectivity index (χ1n) is 7.98. The van der Waals surface area contributed by atoms with Crippen molar-refractivity contribution >= 4 is 35.6 Å². The Labute approximate surface area is 165 Å². The average molecular weight is 453 g/mol. The van der Waals surface area contributed by atoms with E-state index in [2.05, 4.69) is 24.2 Å². The van der Waals surface area contributed by atoms with Gasteiger partial charge in [-0.3, -0.25) is 4.99 Å². The minimum Gasteiger partial charge on any atom is -0.454 e. The van der Waals surface area contributed by atoms with E-state index < -0.39 is 0 Å². The molecule has 1 heterocycles. The van der Waals surface area contributed by atoms with Crippen LogP contribution in [0.15, 0.2) is 47.5 Å². The fraction of sp³-hybridized carbons (Fsp3) is 0.316. The molecule has 2 aromatic carbocycles. The molecule has 6 heteroatoms. The molecule has 3 N–H and O–H groups in total. The van der Waals surface area contributed by atoms with E-state index >= 15 is 0 Å². The summed E-state index contributed by atoms with van der Waals surface area (Å²) in [6.45, 7) is 7.16. The lowest BCUT2D eigenvalue weighted by Crippen LogP contribution is -2.27. The van der Waals surface area contributed by atoms with Crippen LogP contribution >= 0.6 is 24.0 Å². The molecule has 0 saturated carbocycles. The quantitative estimate of drug-likeness (QED) is 0.417. The number of aryl methyl sites for hydroxylation is 1. The molecule has 25 heavy (non-hydrogen) atoms. The smallest absolute Gasteiger partial charge is 0.231 e. The summed E-state index contributed by atoms with van der Waals surface area (Å²) >= 11 is 0. The third kappa shape index (κ3) is 4.78. The number of halogens is 1. The molecule has 0 bridgehead atoms. The average Bonchev–Trinajstić information content (AvgIpc) is 3.01. The lowest BCUT2D eigenvalue weighted by Gasteiger charge is -2.23. The van der Waals surface area contributed by atoms with Gasteiger partial charge in [-0.1, -0.05) is 32.0 Å². The first-order chi connectivity index (χ1) is 11.4. The number of rotatable bonds is 4. The Morgan fingerprint density at radius 1 is 1.16 bits per heavy atom. The molecule has 0 spiro atoms. The molecule has 0 radical (unpaired) electrons. The molecule has 1 aliphatic heterocycles. The molecule has 3 rings (SSSR count). The number of guanidine groups is 1. The Hall–Kier alpha value is -1.96. The fourth-order valence-corrected chi connectivity index (χ4v) is 2.60. The number of hydrogen-bond donors (Lipinski definition) is 2. The van der Waals surface area contributed by atoms with Crippen molar-refractivity contribution in [2.24, 2.45) is 10.7 Å². The second-order valence-electron chi connectivity index (χ2n) is 6.65. The number of fused-ring (bicyclic) bond motifs is 1. The number of nitrogens with zero attached hydrogens (tertiary/aromatic N) is 1. The number of ether oxygens (including phenoxy) is 2. The monoisotopic (exact) mass is 453 g/mol. The largest absolute Gasteiger partial charge is 0.454 e. The van der Waals surface area contributed by atoms with E-state index in [0.717, 1.165) is 22.7 Å². The highest BCUT2D eigenvalue weighted by atomic mass is 127. The second kappa shape index (κ2) is 7.95. The molecule has 2 aromatic rings. The third-order valence-electron chi connectivity index (χ3n) is 4.09. The standard InChI is InChI=1S/C19H23N3O2.HI/c1-13-5-4-6-15(9-13)22-18(20)21-11-19(2,3)14-7-8-16-17(10-14)24-12-23-16;/h4-10H,11-12H2,1-3H3,(H3,20,21,22);1H.